The molecule has 0 aromatic heterocycles. The van der Waals surface area contributed by atoms with Crippen LogP contribution < -0.4 is 10.6 Å². The summed E-state index contributed by atoms with van der Waals surface area (Å²) >= 11 is 0. The van der Waals surface area contributed by atoms with Crippen molar-refractivity contribution in [2.45, 2.75) is 39.0 Å². The zero-order chi connectivity index (χ0) is 14.9. The molecule has 4 nitrogen and oxygen atoms in total. The second-order valence-electron chi connectivity index (χ2n) is 5.23. The Labute approximate surface area is 127 Å². The Hall–Kier alpha value is -1.81. The van der Waals surface area contributed by atoms with Crippen LogP contribution in [0.15, 0.2) is 41.4 Å². The van der Waals surface area contributed by atoms with E-state index in [2.05, 4.69) is 59.0 Å². The number of nitrogens with zero attached hydrogens (tertiary/aromatic N) is 1. The third kappa shape index (κ3) is 5.23. The monoisotopic (exact) mass is 287 g/mol. The minimum absolute atomic E-state index is 0.475. The Morgan fingerprint density at radius 2 is 2.05 bits per heavy atom. The number of hydrogen-bond donors (Lipinski definition) is 2. The van der Waals surface area contributed by atoms with Gasteiger partial charge in [0.05, 0.1) is 13.2 Å². The summed E-state index contributed by atoms with van der Waals surface area (Å²) < 4.78 is 5.17. The quantitative estimate of drug-likeness (QED) is 0.480. The van der Waals surface area contributed by atoms with Crippen LogP contribution in [0.4, 0.5) is 0 Å². The molecule has 0 spiro atoms. The molecular formula is C17H25N3O. The number of ether oxygens (including phenoxy) is 1. The van der Waals surface area contributed by atoms with E-state index in [0.717, 1.165) is 25.3 Å². The molecule has 2 N–H and O–H groups in total. The molecule has 2 rings (SSSR count). The maximum atomic E-state index is 5.17. The smallest absolute Gasteiger partial charge is 0.191 e. The highest BCUT2D eigenvalue weighted by atomic mass is 16.5. The lowest BCUT2D eigenvalue weighted by atomic mass is 10.1. The standard InChI is InChI=1S/C17H25N3O/c1-3-18-17(20-16-9-4-5-10-16)19-12-14-7-6-8-15(11-14)13-21-2/h4-8,11,16H,3,9-10,12-13H2,1-2H3,(H2,18,19,20). The normalized spacial score (nSPS) is 15.4. The molecule has 0 bridgehead atoms. The molecule has 0 atom stereocenters. The molecule has 4 heteroatoms. The first-order valence-corrected chi connectivity index (χ1v) is 7.58. The van der Waals surface area contributed by atoms with E-state index in [0.29, 0.717) is 19.2 Å². The third-order valence-corrected chi connectivity index (χ3v) is 3.42. The lowest BCUT2D eigenvalue weighted by Gasteiger charge is -2.16. The maximum Gasteiger partial charge on any atom is 0.191 e. The molecule has 1 aliphatic carbocycles. The molecule has 1 aromatic rings. The average molecular weight is 287 g/mol. The maximum absolute atomic E-state index is 5.17. The van der Waals surface area contributed by atoms with Crippen molar-refractivity contribution in [3.63, 3.8) is 0 Å². The van der Waals surface area contributed by atoms with Crippen molar-refractivity contribution in [3.8, 4) is 0 Å². The number of methoxy groups -OCH3 is 1. The van der Waals surface area contributed by atoms with Crippen molar-refractivity contribution in [3.05, 3.63) is 47.5 Å². The third-order valence-electron chi connectivity index (χ3n) is 3.42. The van der Waals surface area contributed by atoms with Gasteiger partial charge in [-0.25, -0.2) is 4.99 Å². The summed E-state index contributed by atoms with van der Waals surface area (Å²) in [6, 6.07) is 8.85. The summed E-state index contributed by atoms with van der Waals surface area (Å²) in [4.78, 5) is 4.67. The van der Waals surface area contributed by atoms with Crippen LogP contribution in [0.2, 0.25) is 0 Å². The lowest BCUT2D eigenvalue weighted by molar-refractivity contribution is 0.185. The van der Waals surface area contributed by atoms with Gasteiger partial charge >= 0.3 is 0 Å². The van der Waals surface area contributed by atoms with E-state index in [1.54, 1.807) is 7.11 Å². The van der Waals surface area contributed by atoms with Gasteiger partial charge in [-0.15, -0.1) is 0 Å². The van der Waals surface area contributed by atoms with Gasteiger partial charge in [0.15, 0.2) is 5.96 Å². The first-order valence-electron chi connectivity index (χ1n) is 7.58. The SMILES string of the molecule is CCNC(=NCc1cccc(COC)c1)NC1CC=CC1. The van der Waals surface area contributed by atoms with Gasteiger partial charge in [-0.05, 0) is 30.9 Å². The van der Waals surface area contributed by atoms with Crippen LogP contribution in [0.1, 0.15) is 30.9 Å². The zero-order valence-electron chi connectivity index (χ0n) is 12.9. The van der Waals surface area contributed by atoms with Crippen LogP contribution in [0.5, 0.6) is 0 Å². The zero-order valence-corrected chi connectivity index (χ0v) is 12.9. The van der Waals surface area contributed by atoms with Crippen molar-refractivity contribution >= 4 is 5.96 Å². The first kappa shape index (κ1) is 15.6. The van der Waals surface area contributed by atoms with Crippen LogP contribution in [0.25, 0.3) is 0 Å². The summed E-state index contributed by atoms with van der Waals surface area (Å²) in [6.07, 6.45) is 6.59. The molecule has 1 aromatic carbocycles. The minimum atomic E-state index is 0.475. The predicted octanol–water partition coefficient (Wildman–Crippen LogP) is 2.61. The van der Waals surface area contributed by atoms with Crippen molar-refractivity contribution in [1.29, 1.82) is 0 Å². The van der Waals surface area contributed by atoms with Gasteiger partial charge in [0.25, 0.3) is 0 Å². The van der Waals surface area contributed by atoms with Crippen LogP contribution in [-0.4, -0.2) is 25.7 Å². The summed E-state index contributed by atoms with van der Waals surface area (Å²) in [7, 11) is 1.72. The van der Waals surface area contributed by atoms with Crippen LogP contribution in [-0.2, 0) is 17.9 Å². The van der Waals surface area contributed by atoms with Crippen molar-refractivity contribution in [1.82, 2.24) is 10.6 Å². The molecule has 0 saturated heterocycles. The first-order chi connectivity index (χ1) is 10.3. The van der Waals surface area contributed by atoms with Crippen LogP contribution in [0.3, 0.4) is 0 Å². The summed E-state index contributed by atoms with van der Waals surface area (Å²) in [5, 5.41) is 6.78. The Balaban J connectivity index is 1.95. The van der Waals surface area contributed by atoms with E-state index in [4.69, 9.17) is 4.74 Å². The van der Waals surface area contributed by atoms with Gasteiger partial charge in [0.1, 0.15) is 0 Å². The number of nitrogens with one attached hydrogen (secondary N) is 2. The number of rotatable bonds is 6. The summed E-state index contributed by atoms with van der Waals surface area (Å²) in [5.41, 5.74) is 2.38. The van der Waals surface area contributed by atoms with Gasteiger partial charge in [0, 0.05) is 19.7 Å². The summed E-state index contributed by atoms with van der Waals surface area (Å²) in [6.45, 7) is 4.27. The highest BCUT2D eigenvalue weighted by molar-refractivity contribution is 5.80. The van der Waals surface area contributed by atoms with Gasteiger partial charge in [0.2, 0.25) is 0 Å². The highest BCUT2D eigenvalue weighted by Gasteiger charge is 2.11. The van der Waals surface area contributed by atoms with Crippen molar-refractivity contribution in [2.75, 3.05) is 13.7 Å². The van der Waals surface area contributed by atoms with E-state index >= 15 is 0 Å². The molecule has 114 valence electrons. The van der Waals surface area contributed by atoms with Crippen molar-refractivity contribution < 1.29 is 4.74 Å². The molecule has 0 aliphatic heterocycles. The van der Waals surface area contributed by atoms with E-state index in [1.165, 1.54) is 11.1 Å². The molecule has 0 fully saturated rings. The van der Waals surface area contributed by atoms with Crippen molar-refractivity contribution in [2.24, 2.45) is 4.99 Å². The molecule has 0 radical (unpaired) electrons. The van der Waals surface area contributed by atoms with Gasteiger partial charge < -0.3 is 15.4 Å². The van der Waals surface area contributed by atoms with Gasteiger partial charge in [-0.3, -0.25) is 0 Å². The van der Waals surface area contributed by atoms with E-state index in [1.807, 2.05) is 0 Å². The van der Waals surface area contributed by atoms with Gasteiger partial charge in [-0.2, -0.15) is 0 Å². The molecule has 21 heavy (non-hydrogen) atoms. The number of benzene rings is 1. The molecular weight excluding hydrogens is 262 g/mol. The van der Waals surface area contributed by atoms with E-state index in [-0.39, 0.29) is 0 Å². The largest absolute Gasteiger partial charge is 0.380 e. The molecule has 0 amide bonds. The second kappa shape index (κ2) is 8.47. The Kier molecular flexibility index (Phi) is 6.28. The highest BCUT2D eigenvalue weighted by Crippen LogP contribution is 2.10. The molecule has 0 saturated carbocycles. The fourth-order valence-corrected chi connectivity index (χ4v) is 2.40. The van der Waals surface area contributed by atoms with Crippen LogP contribution >= 0.6 is 0 Å². The average Bonchev–Trinajstić information content (AvgIpc) is 2.99. The van der Waals surface area contributed by atoms with E-state index < -0.39 is 0 Å². The Morgan fingerprint density at radius 3 is 2.76 bits per heavy atom. The Morgan fingerprint density at radius 1 is 1.29 bits per heavy atom. The Bertz CT molecular complexity index is 489. The fraction of sp³-hybridized carbons (Fsp3) is 0.471. The van der Waals surface area contributed by atoms with Crippen LogP contribution in [0, 0.1) is 0 Å². The second-order valence-corrected chi connectivity index (χ2v) is 5.23. The number of hydrogen-bond acceptors (Lipinski definition) is 2. The minimum Gasteiger partial charge on any atom is -0.380 e. The van der Waals surface area contributed by atoms with Gasteiger partial charge in [-0.1, -0.05) is 36.4 Å². The molecule has 0 unspecified atom stereocenters. The summed E-state index contributed by atoms with van der Waals surface area (Å²) in [5.74, 6) is 0.892. The topological polar surface area (TPSA) is 45.7 Å². The lowest BCUT2D eigenvalue weighted by Crippen LogP contribution is -2.42. The molecule has 0 heterocycles. The van der Waals surface area contributed by atoms with E-state index in [9.17, 15) is 0 Å². The molecule has 1 aliphatic rings. The fourth-order valence-electron chi connectivity index (χ4n) is 2.40. The number of aliphatic imine (C=N–C) groups is 1. The number of guanidine groups is 1. The predicted molar refractivity (Wildman–Crippen MR) is 87.3 cm³/mol.